The highest BCUT2D eigenvalue weighted by molar-refractivity contribution is 5.77. The van der Waals surface area contributed by atoms with E-state index in [1.165, 1.54) is 19.3 Å². The van der Waals surface area contributed by atoms with Crippen LogP contribution in [0.1, 0.15) is 37.9 Å². The summed E-state index contributed by atoms with van der Waals surface area (Å²) in [5, 5.41) is 0. The molecule has 0 bridgehead atoms. The van der Waals surface area contributed by atoms with Crippen LogP contribution in [0.3, 0.4) is 0 Å². The van der Waals surface area contributed by atoms with Crippen LogP contribution in [-0.2, 0) is 22.2 Å². The number of carbonyl (C=O) groups excluding carboxylic acids is 1. The maximum absolute atomic E-state index is 12.1. The van der Waals surface area contributed by atoms with Crippen molar-refractivity contribution in [3.05, 3.63) is 18.2 Å². The van der Waals surface area contributed by atoms with Crippen molar-refractivity contribution < 1.29 is 9.53 Å². The Bertz CT molecular complexity index is 487. The summed E-state index contributed by atoms with van der Waals surface area (Å²) in [5.41, 5.74) is -0.412. The van der Waals surface area contributed by atoms with Gasteiger partial charge in [-0.05, 0) is 18.8 Å². The molecule has 0 atom stereocenters. The third-order valence-corrected chi connectivity index (χ3v) is 4.56. The van der Waals surface area contributed by atoms with Gasteiger partial charge in [0.05, 0.1) is 13.1 Å². The van der Waals surface area contributed by atoms with Crippen molar-refractivity contribution in [1.82, 2.24) is 14.5 Å². The van der Waals surface area contributed by atoms with Crippen LogP contribution in [-0.4, -0.2) is 40.6 Å². The molecule has 2 aliphatic rings. The Morgan fingerprint density at radius 3 is 2.80 bits per heavy atom. The third kappa shape index (κ3) is 2.46. The number of nitrogens with zero attached hydrogens (tertiary/aromatic N) is 3. The molecule has 1 aliphatic carbocycles. The minimum Gasteiger partial charge on any atom is -0.367 e. The van der Waals surface area contributed by atoms with Crippen molar-refractivity contribution in [2.24, 2.45) is 13.0 Å². The van der Waals surface area contributed by atoms with Crippen molar-refractivity contribution in [3.8, 4) is 0 Å². The maximum Gasteiger partial charge on any atom is 0.222 e. The lowest BCUT2D eigenvalue weighted by molar-refractivity contribution is -0.167. The van der Waals surface area contributed by atoms with Crippen LogP contribution in [0, 0.1) is 5.92 Å². The quantitative estimate of drug-likeness (QED) is 0.795. The van der Waals surface area contributed by atoms with E-state index in [0.717, 1.165) is 18.2 Å². The van der Waals surface area contributed by atoms with Crippen LogP contribution < -0.4 is 0 Å². The fourth-order valence-electron chi connectivity index (χ4n) is 3.02. The number of hydrogen-bond donors (Lipinski definition) is 0. The molecule has 3 rings (SSSR count). The van der Waals surface area contributed by atoms with Gasteiger partial charge in [0, 0.05) is 33.0 Å². The summed E-state index contributed by atoms with van der Waals surface area (Å²) in [7, 11) is 3.66. The molecule has 0 N–H and O–H groups in total. The molecule has 2 heterocycles. The SMILES string of the molecule is COC1(c2nccn2C)CN(C(=O)CCCC2CC2)C1. The van der Waals surface area contributed by atoms with Gasteiger partial charge in [-0.25, -0.2) is 4.98 Å². The molecule has 110 valence electrons. The Hall–Kier alpha value is -1.36. The van der Waals surface area contributed by atoms with Crippen molar-refractivity contribution in [2.75, 3.05) is 20.2 Å². The molecule has 1 saturated carbocycles. The first-order chi connectivity index (χ1) is 9.64. The zero-order valence-electron chi connectivity index (χ0n) is 12.3. The molecule has 5 nitrogen and oxygen atoms in total. The van der Waals surface area contributed by atoms with Gasteiger partial charge in [0.1, 0.15) is 5.82 Å². The lowest BCUT2D eigenvalue weighted by Crippen LogP contribution is -2.63. The van der Waals surface area contributed by atoms with Gasteiger partial charge >= 0.3 is 0 Å². The normalized spacial score (nSPS) is 20.8. The molecule has 1 aromatic rings. The summed E-state index contributed by atoms with van der Waals surface area (Å²) in [5.74, 6) is 2.07. The number of ether oxygens (including phenoxy) is 1. The highest BCUT2D eigenvalue weighted by atomic mass is 16.5. The van der Waals surface area contributed by atoms with Crippen molar-refractivity contribution in [1.29, 1.82) is 0 Å². The fraction of sp³-hybridized carbons (Fsp3) is 0.733. The molecular formula is C15H23N3O2. The topological polar surface area (TPSA) is 47.4 Å². The number of methoxy groups -OCH3 is 1. The lowest BCUT2D eigenvalue weighted by atomic mass is 9.92. The summed E-state index contributed by atoms with van der Waals surface area (Å²) in [6.07, 6.45) is 9.34. The van der Waals surface area contributed by atoms with Gasteiger partial charge in [0.25, 0.3) is 0 Å². The van der Waals surface area contributed by atoms with E-state index in [0.29, 0.717) is 19.5 Å². The molecule has 0 radical (unpaired) electrons. The first kappa shape index (κ1) is 13.6. The second-order valence-corrected chi connectivity index (χ2v) is 6.15. The highest BCUT2D eigenvalue weighted by Gasteiger charge is 2.49. The number of aromatic nitrogens is 2. The third-order valence-electron chi connectivity index (χ3n) is 4.56. The Morgan fingerprint density at radius 1 is 1.50 bits per heavy atom. The molecule has 0 unspecified atom stereocenters. The Kier molecular flexibility index (Phi) is 3.54. The van der Waals surface area contributed by atoms with Crippen molar-refractivity contribution in [2.45, 2.75) is 37.7 Å². The van der Waals surface area contributed by atoms with E-state index < -0.39 is 5.60 Å². The van der Waals surface area contributed by atoms with Crippen molar-refractivity contribution in [3.63, 3.8) is 0 Å². The predicted octanol–water partition coefficient (Wildman–Crippen LogP) is 1.68. The zero-order chi connectivity index (χ0) is 14.2. The second kappa shape index (κ2) is 5.20. The molecule has 1 saturated heterocycles. The van der Waals surface area contributed by atoms with Gasteiger partial charge < -0.3 is 14.2 Å². The first-order valence-electron chi connectivity index (χ1n) is 7.45. The van der Waals surface area contributed by atoms with Crippen LogP contribution in [0.4, 0.5) is 0 Å². The smallest absolute Gasteiger partial charge is 0.222 e. The van der Waals surface area contributed by atoms with Gasteiger partial charge in [0.15, 0.2) is 5.60 Å². The van der Waals surface area contributed by atoms with E-state index in [2.05, 4.69) is 4.98 Å². The number of amides is 1. The average molecular weight is 277 g/mol. The predicted molar refractivity (Wildman–Crippen MR) is 75.1 cm³/mol. The average Bonchev–Trinajstić information content (AvgIpc) is 3.11. The number of likely N-dealkylation sites (tertiary alicyclic amines) is 1. The number of imidazole rings is 1. The number of rotatable bonds is 6. The number of aryl methyl sites for hydroxylation is 1. The van der Waals surface area contributed by atoms with Crippen LogP contribution in [0.5, 0.6) is 0 Å². The van der Waals surface area contributed by atoms with E-state index >= 15 is 0 Å². The second-order valence-electron chi connectivity index (χ2n) is 6.15. The van der Waals surface area contributed by atoms with Crippen molar-refractivity contribution >= 4 is 5.91 Å². The Labute approximate surface area is 119 Å². The van der Waals surface area contributed by atoms with E-state index in [1.807, 2.05) is 22.7 Å². The molecule has 2 fully saturated rings. The minimum absolute atomic E-state index is 0.257. The fourth-order valence-corrected chi connectivity index (χ4v) is 3.02. The highest BCUT2D eigenvalue weighted by Crippen LogP contribution is 2.36. The zero-order valence-corrected chi connectivity index (χ0v) is 12.3. The number of hydrogen-bond acceptors (Lipinski definition) is 3. The molecule has 0 spiro atoms. The molecule has 1 amide bonds. The summed E-state index contributed by atoms with van der Waals surface area (Å²) >= 11 is 0. The number of carbonyl (C=O) groups is 1. The van der Waals surface area contributed by atoms with Crippen LogP contribution >= 0.6 is 0 Å². The molecule has 20 heavy (non-hydrogen) atoms. The van der Waals surface area contributed by atoms with Gasteiger partial charge in [-0.1, -0.05) is 12.8 Å². The van der Waals surface area contributed by atoms with E-state index in [-0.39, 0.29) is 5.91 Å². The summed E-state index contributed by atoms with van der Waals surface area (Å²) < 4.78 is 7.63. The van der Waals surface area contributed by atoms with E-state index in [4.69, 9.17) is 4.74 Å². The Morgan fingerprint density at radius 2 is 2.25 bits per heavy atom. The van der Waals surface area contributed by atoms with Gasteiger partial charge in [-0.3, -0.25) is 4.79 Å². The first-order valence-corrected chi connectivity index (χ1v) is 7.45. The molecule has 1 aromatic heterocycles. The van der Waals surface area contributed by atoms with Crippen LogP contribution in [0.15, 0.2) is 12.4 Å². The Balaban J connectivity index is 1.52. The van der Waals surface area contributed by atoms with Gasteiger partial charge in [-0.15, -0.1) is 0 Å². The molecule has 1 aliphatic heterocycles. The molecule has 0 aromatic carbocycles. The maximum atomic E-state index is 12.1. The van der Waals surface area contributed by atoms with Crippen LogP contribution in [0.2, 0.25) is 0 Å². The summed E-state index contributed by atoms with van der Waals surface area (Å²) in [6, 6.07) is 0. The van der Waals surface area contributed by atoms with Gasteiger partial charge in [0.2, 0.25) is 5.91 Å². The summed E-state index contributed by atoms with van der Waals surface area (Å²) in [6.45, 7) is 1.24. The lowest BCUT2D eigenvalue weighted by Gasteiger charge is -2.48. The van der Waals surface area contributed by atoms with E-state index in [1.54, 1.807) is 13.3 Å². The van der Waals surface area contributed by atoms with E-state index in [9.17, 15) is 4.79 Å². The van der Waals surface area contributed by atoms with Crippen LogP contribution in [0.25, 0.3) is 0 Å². The minimum atomic E-state index is -0.412. The van der Waals surface area contributed by atoms with Gasteiger partial charge in [-0.2, -0.15) is 0 Å². The summed E-state index contributed by atoms with van der Waals surface area (Å²) in [4.78, 5) is 18.4. The largest absolute Gasteiger partial charge is 0.367 e. The standard InChI is InChI=1S/C15H23N3O2/c1-17-9-8-16-14(17)15(20-2)10-18(11-15)13(19)5-3-4-12-6-7-12/h8-9,12H,3-7,10-11H2,1-2H3. The molecule has 5 heteroatoms. The monoisotopic (exact) mass is 277 g/mol. The molecular weight excluding hydrogens is 254 g/mol.